The molecule has 3 heterocycles. The van der Waals surface area contributed by atoms with Crippen molar-refractivity contribution in [2.45, 2.75) is 18.4 Å². The average Bonchev–Trinajstić information content (AvgIpc) is 2.91. The van der Waals surface area contributed by atoms with Crippen molar-refractivity contribution in [3.8, 4) is 11.5 Å². The first-order valence-corrected chi connectivity index (χ1v) is 13.4. The molecule has 2 aromatic rings. The number of nitrogens with zero attached hydrogens (tertiary/aromatic N) is 2. The summed E-state index contributed by atoms with van der Waals surface area (Å²) in [5, 5.41) is 37.9. The highest BCUT2D eigenvalue weighted by Gasteiger charge is 2.41. The summed E-state index contributed by atoms with van der Waals surface area (Å²) < 4.78 is 35.5. The van der Waals surface area contributed by atoms with Crippen LogP contribution in [0.5, 0.6) is 11.5 Å². The number of hydrogen-bond donors (Lipinski definition) is 6. The zero-order chi connectivity index (χ0) is 31.0. The van der Waals surface area contributed by atoms with Gasteiger partial charge in [-0.2, -0.15) is 0 Å². The molecule has 0 saturated carbocycles. The molecule has 0 radical (unpaired) electrons. The second-order valence-electron chi connectivity index (χ2n) is 10.5. The standard InChI is InChI=1S/C27H28BF2N5O8/c1-13(32-20-7-15-3-2-4-17(26(39)40)23(15)43-28(20)42)22(21-18(29)8-16(36)9-19(21)30)33-27(41)35-6-5-34(24(37)25(35)38)12-14-10-31-11-14/h2-4,8-9,14,20,22,31-32,36,42H,1,5-7,10-12H2,(H,33,41)(H,39,40). The van der Waals surface area contributed by atoms with Gasteiger partial charge in [0.25, 0.3) is 0 Å². The van der Waals surface area contributed by atoms with Gasteiger partial charge in [-0.1, -0.05) is 18.7 Å². The minimum absolute atomic E-state index is 0.00328. The van der Waals surface area contributed by atoms with Gasteiger partial charge in [0.15, 0.2) is 0 Å². The van der Waals surface area contributed by atoms with Crippen LogP contribution in [0.2, 0.25) is 0 Å². The molecule has 2 aromatic carbocycles. The molecule has 43 heavy (non-hydrogen) atoms. The van der Waals surface area contributed by atoms with E-state index in [0.29, 0.717) is 42.2 Å². The Hall–Kier alpha value is -4.70. The molecule has 3 aliphatic heterocycles. The van der Waals surface area contributed by atoms with E-state index in [-0.39, 0.29) is 42.4 Å². The highest BCUT2D eigenvalue weighted by Crippen LogP contribution is 2.33. The Balaban J connectivity index is 1.37. The van der Waals surface area contributed by atoms with Gasteiger partial charge in [-0.3, -0.25) is 14.5 Å². The Morgan fingerprint density at radius 2 is 1.86 bits per heavy atom. The lowest BCUT2D eigenvalue weighted by atomic mass is 9.72. The molecule has 2 saturated heterocycles. The maximum Gasteiger partial charge on any atom is 0.546 e. The van der Waals surface area contributed by atoms with Crippen LogP contribution < -0.4 is 20.6 Å². The number of nitrogens with one attached hydrogen (secondary N) is 3. The number of carboxylic acids is 1. The summed E-state index contributed by atoms with van der Waals surface area (Å²) in [4.78, 5) is 52.3. The predicted octanol–water partition coefficient (Wildman–Crippen LogP) is 0.136. The number of imide groups is 1. The lowest BCUT2D eigenvalue weighted by Gasteiger charge is -2.38. The van der Waals surface area contributed by atoms with Gasteiger partial charge in [-0.15, -0.1) is 0 Å². The molecule has 0 aliphatic carbocycles. The van der Waals surface area contributed by atoms with E-state index in [9.17, 15) is 34.4 Å². The topological polar surface area (TPSA) is 181 Å². The van der Waals surface area contributed by atoms with E-state index in [1.165, 1.54) is 17.0 Å². The van der Waals surface area contributed by atoms with E-state index >= 15 is 8.78 Å². The van der Waals surface area contributed by atoms with Gasteiger partial charge in [0, 0.05) is 56.5 Å². The maximum atomic E-state index is 15.0. The third kappa shape index (κ3) is 5.96. The summed E-state index contributed by atoms with van der Waals surface area (Å²) in [7, 11) is -1.63. The van der Waals surface area contributed by atoms with E-state index in [1.807, 2.05) is 0 Å². The molecular formula is C27H28BF2N5O8. The van der Waals surface area contributed by atoms with Crippen LogP contribution in [0.15, 0.2) is 42.6 Å². The van der Waals surface area contributed by atoms with Gasteiger partial charge in [-0.05, 0) is 18.1 Å². The van der Waals surface area contributed by atoms with Crippen molar-refractivity contribution >= 4 is 30.9 Å². The summed E-state index contributed by atoms with van der Waals surface area (Å²) >= 11 is 0. The average molecular weight is 599 g/mol. The van der Waals surface area contributed by atoms with Crippen LogP contribution >= 0.6 is 0 Å². The minimum atomic E-state index is -1.70. The molecule has 4 amide bonds. The smallest absolute Gasteiger partial charge is 0.534 e. The van der Waals surface area contributed by atoms with Crippen molar-refractivity contribution < 1.29 is 47.9 Å². The first-order chi connectivity index (χ1) is 20.4. The second-order valence-corrected chi connectivity index (χ2v) is 10.5. The zero-order valence-electron chi connectivity index (χ0n) is 22.7. The third-order valence-corrected chi connectivity index (χ3v) is 7.59. The van der Waals surface area contributed by atoms with Crippen LogP contribution in [-0.4, -0.2) is 94.6 Å². The maximum absolute atomic E-state index is 15.0. The fourth-order valence-electron chi connectivity index (χ4n) is 5.25. The monoisotopic (exact) mass is 599 g/mol. The molecule has 0 spiro atoms. The molecule has 0 bridgehead atoms. The number of phenols is 1. The van der Waals surface area contributed by atoms with Gasteiger partial charge >= 0.3 is 30.9 Å². The number of carbonyl (C=O) groups is 4. The minimum Gasteiger partial charge on any atom is -0.534 e. The van der Waals surface area contributed by atoms with Crippen molar-refractivity contribution in [2.24, 2.45) is 5.92 Å². The number of carboxylic acid groups (broad SMARTS) is 1. The molecule has 226 valence electrons. The van der Waals surface area contributed by atoms with E-state index < -0.39 is 65.9 Å². The van der Waals surface area contributed by atoms with E-state index in [4.69, 9.17) is 4.65 Å². The number of phenolic OH excluding ortho intramolecular Hbond substituents is 1. The van der Waals surface area contributed by atoms with Gasteiger partial charge in [0.05, 0.1) is 17.1 Å². The number of benzene rings is 2. The largest absolute Gasteiger partial charge is 0.546 e. The molecule has 13 nitrogen and oxygen atoms in total. The molecule has 6 N–H and O–H groups in total. The molecule has 2 fully saturated rings. The fourth-order valence-corrected chi connectivity index (χ4v) is 5.25. The summed E-state index contributed by atoms with van der Waals surface area (Å²) in [6, 6.07) is 2.78. The Bertz CT molecular complexity index is 1480. The number of hydrogen-bond acceptors (Lipinski definition) is 9. The lowest BCUT2D eigenvalue weighted by molar-refractivity contribution is -0.154. The number of piperazine rings is 1. The Morgan fingerprint density at radius 1 is 1.16 bits per heavy atom. The Labute approximate surface area is 244 Å². The second kappa shape index (κ2) is 11.9. The van der Waals surface area contributed by atoms with Crippen molar-refractivity contribution in [3.05, 3.63) is 70.9 Å². The summed E-state index contributed by atoms with van der Waals surface area (Å²) in [5.41, 5.74) is -0.732. The zero-order valence-corrected chi connectivity index (χ0v) is 22.7. The van der Waals surface area contributed by atoms with Crippen LogP contribution in [0.25, 0.3) is 0 Å². The van der Waals surface area contributed by atoms with Gasteiger partial charge in [0.1, 0.15) is 29.2 Å². The van der Waals surface area contributed by atoms with Crippen LogP contribution in [0.3, 0.4) is 0 Å². The van der Waals surface area contributed by atoms with Crippen molar-refractivity contribution in [3.63, 3.8) is 0 Å². The molecule has 2 unspecified atom stereocenters. The van der Waals surface area contributed by atoms with Crippen LogP contribution in [-0.2, 0) is 16.0 Å². The molecule has 3 aliphatic rings. The van der Waals surface area contributed by atoms with Crippen molar-refractivity contribution in [1.82, 2.24) is 25.8 Å². The molecule has 0 aromatic heterocycles. The lowest BCUT2D eigenvalue weighted by Crippen LogP contribution is -2.61. The highest BCUT2D eigenvalue weighted by molar-refractivity contribution is 6.46. The van der Waals surface area contributed by atoms with Crippen LogP contribution in [0.1, 0.15) is 27.5 Å². The molecular weight excluding hydrogens is 571 g/mol. The number of amides is 4. The summed E-state index contributed by atoms with van der Waals surface area (Å²) in [5.74, 6) is -7.33. The third-order valence-electron chi connectivity index (χ3n) is 7.59. The first kappa shape index (κ1) is 29.8. The van der Waals surface area contributed by atoms with E-state index in [2.05, 4.69) is 22.5 Å². The number of fused-ring (bicyclic) bond motifs is 1. The molecule has 16 heteroatoms. The van der Waals surface area contributed by atoms with Crippen LogP contribution in [0.4, 0.5) is 13.6 Å². The van der Waals surface area contributed by atoms with Crippen molar-refractivity contribution in [1.29, 1.82) is 0 Å². The highest BCUT2D eigenvalue weighted by atomic mass is 19.1. The summed E-state index contributed by atoms with van der Waals surface area (Å²) in [6.45, 7) is 5.46. The fraction of sp³-hybridized carbons (Fsp3) is 0.333. The number of urea groups is 1. The number of aromatic hydroxyl groups is 1. The molecule has 5 rings (SSSR count). The van der Waals surface area contributed by atoms with Crippen molar-refractivity contribution in [2.75, 3.05) is 32.7 Å². The number of halogens is 2. The van der Waals surface area contributed by atoms with Gasteiger partial charge in [-0.25, -0.2) is 18.4 Å². The molecule has 2 atom stereocenters. The number of para-hydroxylation sites is 1. The van der Waals surface area contributed by atoms with Gasteiger partial charge in [0.2, 0.25) is 0 Å². The normalized spacial score (nSPS) is 19.2. The number of rotatable bonds is 8. The van der Waals surface area contributed by atoms with E-state index in [1.54, 1.807) is 6.07 Å². The first-order valence-electron chi connectivity index (χ1n) is 13.4. The number of carbonyl (C=O) groups excluding carboxylic acids is 3. The number of aromatic carboxylic acids is 1. The van der Waals surface area contributed by atoms with Crippen LogP contribution in [0, 0.1) is 17.6 Å². The quantitative estimate of drug-likeness (QED) is 0.181. The Kier molecular flexibility index (Phi) is 8.24. The van der Waals surface area contributed by atoms with E-state index in [0.717, 1.165) is 0 Å². The van der Waals surface area contributed by atoms with Gasteiger partial charge < -0.3 is 40.7 Å². The Morgan fingerprint density at radius 3 is 2.49 bits per heavy atom. The summed E-state index contributed by atoms with van der Waals surface area (Å²) in [6.07, 6.45) is 0.00328. The predicted molar refractivity (Wildman–Crippen MR) is 146 cm³/mol. The SMILES string of the molecule is C=C(NC1Cc2cccc(C(=O)O)c2OB1O)C(NC(=O)N1CCN(CC2CNC2)C(=O)C1=O)c1c(F)cc(O)cc1F.